The van der Waals surface area contributed by atoms with Crippen LogP contribution in [0, 0.1) is 0 Å². The number of fused-ring (bicyclic) bond motifs is 1. The maximum absolute atomic E-state index is 5.92. The Morgan fingerprint density at radius 1 is 0.902 bits per heavy atom. The van der Waals surface area contributed by atoms with E-state index in [1.54, 1.807) is 0 Å². The number of hydrogen-bond donors (Lipinski definition) is 0. The molecule has 41 heavy (non-hydrogen) atoms. The van der Waals surface area contributed by atoms with E-state index in [2.05, 4.69) is 95.9 Å². The summed E-state index contributed by atoms with van der Waals surface area (Å²) in [5.41, 5.74) is 6.21. The van der Waals surface area contributed by atoms with Crippen LogP contribution in [0.25, 0.3) is 0 Å². The van der Waals surface area contributed by atoms with Crippen molar-refractivity contribution >= 4 is 0 Å². The van der Waals surface area contributed by atoms with Crippen LogP contribution in [-0.4, -0.2) is 54.7 Å². The van der Waals surface area contributed by atoms with Crippen LogP contribution in [-0.2, 0) is 13.1 Å². The van der Waals surface area contributed by atoms with Gasteiger partial charge < -0.3 is 24.0 Å². The van der Waals surface area contributed by atoms with Crippen molar-refractivity contribution in [1.29, 1.82) is 0 Å². The number of likely N-dealkylation sites (N-methyl/N-ethyl adjacent to an activating group) is 1. The van der Waals surface area contributed by atoms with Gasteiger partial charge in [-0.15, -0.1) is 0 Å². The molecule has 0 fully saturated rings. The molecule has 0 saturated carbocycles. The van der Waals surface area contributed by atoms with Gasteiger partial charge in [-0.1, -0.05) is 68.5 Å². The first-order chi connectivity index (χ1) is 20.1. The SMILES string of the molecule is C=CC1=C(CN(Cc2cccc(OCC)c2)Cc2ccc3c(c2)OCCO3)N(CCCC)C(c2ccccc2)N1C. The predicted octanol–water partition coefficient (Wildman–Crippen LogP) is 7.00. The van der Waals surface area contributed by atoms with Crippen molar-refractivity contribution in [2.24, 2.45) is 0 Å². The van der Waals surface area contributed by atoms with Crippen LogP contribution in [0.3, 0.4) is 0 Å². The molecule has 1 atom stereocenters. The van der Waals surface area contributed by atoms with Crippen LogP contribution < -0.4 is 14.2 Å². The molecule has 0 spiro atoms. The van der Waals surface area contributed by atoms with E-state index in [1.807, 2.05) is 25.1 Å². The maximum atomic E-state index is 5.92. The second kappa shape index (κ2) is 13.6. The highest BCUT2D eigenvalue weighted by Crippen LogP contribution is 2.40. The van der Waals surface area contributed by atoms with Crippen LogP contribution in [0.4, 0.5) is 0 Å². The van der Waals surface area contributed by atoms with Gasteiger partial charge in [0, 0.05) is 33.2 Å². The maximum Gasteiger partial charge on any atom is 0.161 e. The summed E-state index contributed by atoms with van der Waals surface area (Å²) in [5, 5.41) is 0. The number of benzene rings is 3. The normalized spacial score (nSPS) is 16.4. The third kappa shape index (κ3) is 6.71. The van der Waals surface area contributed by atoms with E-state index in [-0.39, 0.29) is 6.17 Å². The Balaban J connectivity index is 1.48. The van der Waals surface area contributed by atoms with Crippen LogP contribution in [0.5, 0.6) is 17.2 Å². The van der Waals surface area contributed by atoms with Gasteiger partial charge in [-0.05, 0) is 60.4 Å². The van der Waals surface area contributed by atoms with Crippen LogP contribution in [0.1, 0.15) is 49.5 Å². The van der Waals surface area contributed by atoms with Gasteiger partial charge in [0.2, 0.25) is 0 Å². The minimum Gasteiger partial charge on any atom is -0.494 e. The topological polar surface area (TPSA) is 37.4 Å². The van der Waals surface area contributed by atoms with Gasteiger partial charge in [0.05, 0.1) is 18.0 Å². The molecule has 0 amide bonds. The standard InChI is InChI=1S/C35H43N3O3/c1-5-8-19-38-32(31(6-2)36(4)35(38)29-14-10-9-11-15-29)26-37(24-27-13-12-16-30(22-27)39-7-3)25-28-17-18-33-34(23-28)41-21-20-40-33/h6,9-18,22-23,35H,2,5,7-8,19-21,24-26H2,1,3-4H3. The Labute approximate surface area is 245 Å². The Morgan fingerprint density at radius 2 is 1.66 bits per heavy atom. The second-order valence-corrected chi connectivity index (χ2v) is 10.7. The van der Waals surface area contributed by atoms with Crippen molar-refractivity contribution in [3.8, 4) is 17.2 Å². The fraction of sp³-hybridized carbons (Fsp3) is 0.371. The van der Waals surface area contributed by atoms with Gasteiger partial charge in [-0.25, -0.2) is 0 Å². The Bertz CT molecular complexity index is 1340. The van der Waals surface area contributed by atoms with E-state index < -0.39 is 0 Å². The van der Waals surface area contributed by atoms with Gasteiger partial charge in [0.1, 0.15) is 25.1 Å². The van der Waals surface area contributed by atoms with Crippen LogP contribution in [0.2, 0.25) is 0 Å². The summed E-state index contributed by atoms with van der Waals surface area (Å²) >= 11 is 0. The number of nitrogens with zero attached hydrogens (tertiary/aromatic N) is 3. The summed E-state index contributed by atoms with van der Waals surface area (Å²) in [4.78, 5) is 7.48. The number of ether oxygens (including phenoxy) is 3. The molecule has 2 heterocycles. The Hall–Kier alpha value is -3.90. The van der Waals surface area contributed by atoms with Gasteiger partial charge in [0.25, 0.3) is 0 Å². The Kier molecular flexibility index (Phi) is 9.52. The zero-order valence-corrected chi connectivity index (χ0v) is 24.7. The average Bonchev–Trinajstić information content (AvgIpc) is 3.26. The molecule has 5 rings (SSSR count). The second-order valence-electron chi connectivity index (χ2n) is 10.7. The van der Waals surface area contributed by atoms with E-state index in [4.69, 9.17) is 14.2 Å². The fourth-order valence-corrected chi connectivity index (χ4v) is 5.87. The molecule has 0 bridgehead atoms. The van der Waals surface area contributed by atoms with Crippen molar-refractivity contribution in [2.75, 3.05) is 40.0 Å². The monoisotopic (exact) mass is 553 g/mol. The molecule has 0 aliphatic carbocycles. The van der Waals surface area contributed by atoms with E-state index in [1.165, 1.54) is 28.1 Å². The molecule has 0 radical (unpaired) electrons. The minimum atomic E-state index is 0.142. The summed E-state index contributed by atoms with van der Waals surface area (Å²) in [6.45, 7) is 13.7. The highest BCUT2D eigenvalue weighted by Gasteiger charge is 2.36. The van der Waals surface area contributed by atoms with Crippen molar-refractivity contribution in [1.82, 2.24) is 14.7 Å². The fourth-order valence-electron chi connectivity index (χ4n) is 5.87. The lowest BCUT2D eigenvalue weighted by Gasteiger charge is -2.34. The highest BCUT2D eigenvalue weighted by atomic mass is 16.6. The Morgan fingerprint density at radius 3 is 2.39 bits per heavy atom. The number of hydrogen-bond acceptors (Lipinski definition) is 6. The van der Waals surface area contributed by atoms with Crippen molar-refractivity contribution in [3.63, 3.8) is 0 Å². The first-order valence-corrected chi connectivity index (χ1v) is 14.8. The summed E-state index contributed by atoms with van der Waals surface area (Å²) in [7, 11) is 2.19. The third-order valence-electron chi connectivity index (χ3n) is 7.73. The molecule has 3 aromatic rings. The summed E-state index contributed by atoms with van der Waals surface area (Å²) in [6.07, 6.45) is 4.44. The number of unbranched alkanes of at least 4 members (excludes halogenated alkanes) is 1. The van der Waals surface area contributed by atoms with Crippen LogP contribution >= 0.6 is 0 Å². The molecule has 0 N–H and O–H groups in total. The summed E-state index contributed by atoms with van der Waals surface area (Å²) < 4.78 is 17.5. The van der Waals surface area contributed by atoms with Gasteiger partial charge in [-0.2, -0.15) is 0 Å². The molecule has 2 aliphatic heterocycles. The van der Waals surface area contributed by atoms with Gasteiger partial charge in [0.15, 0.2) is 11.5 Å². The van der Waals surface area contributed by atoms with Crippen molar-refractivity contribution in [3.05, 3.63) is 114 Å². The quantitative estimate of drug-likeness (QED) is 0.227. The zero-order chi connectivity index (χ0) is 28.6. The van der Waals surface area contributed by atoms with E-state index >= 15 is 0 Å². The van der Waals surface area contributed by atoms with E-state index in [0.29, 0.717) is 19.8 Å². The minimum absolute atomic E-state index is 0.142. The molecule has 216 valence electrons. The van der Waals surface area contributed by atoms with Crippen LogP contribution in [0.15, 0.2) is 96.8 Å². The average molecular weight is 554 g/mol. The first-order valence-electron chi connectivity index (χ1n) is 14.8. The molecular weight excluding hydrogens is 510 g/mol. The zero-order valence-electron chi connectivity index (χ0n) is 24.7. The lowest BCUT2D eigenvalue weighted by molar-refractivity contribution is 0.148. The van der Waals surface area contributed by atoms with E-state index in [0.717, 1.165) is 56.3 Å². The molecule has 3 aromatic carbocycles. The first kappa shape index (κ1) is 28.6. The predicted molar refractivity (Wildman–Crippen MR) is 165 cm³/mol. The van der Waals surface area contributed by atoms with E-state index in [9.17, 15) is 0 Å². The molecule has 0 aromatic heterocycles. The number of rotatable bonds is 13. The lowest BCUT2D eigenvalue weighted by atomic mass is 10.1. The van der Waals surface area contributed by atoms with Crippen molar-refractivity contribution < 1.29 is 14.2 Å². The molecular formula is C35H43N3O3. The lowest BCUT2D eigenvalue weighted by Crippen LogP contribution is -2.35. The van der Waals surface area contributed by atoms with Gasteiger partial charge >= 0.3 is 0 Å². The van der Waals surface area contributed by atoms with Gasteiger partial charge in [-0.3, -0.25) is 4.90 Å². The molecule has 2 aliphatic rings. The van der Waals surface area contributed by atoms with Crippen molar-refractivity contribution in [2.45, 2.75) is 45.9 Å². The molecule has 6 nitrogen and oxygen atoms in total. The summed E-state index contributed by atoms with van der Waals surface area (Å²) in [6, 6.07) is 25.6. The smallest absolute Gasteiger partial charge is 0.161 e. The summed E-state index contributed by atoms with van der Waals surface area (Å²) in [5.74, 6) is 2.55. The highest BCUT2D eigenvalue weighted by molar-refractivity contribution is 5.44. The molecule has 1 unspecified atom stereocenters. The third-order valence-corrected chi connectivity index (χ3v) is 7.73. The largest absolute Gasteiger partial charge is 0.494 e. The molecule has 6 heteroatoms. The number of allylic oxidation sites excluding steroid dienone is 1. The molecule has 0 saturated heterocycles.